The van der Waals surface area contributed by atoms with Crippen molar-refractivity contribution in [1.82, 2.24) is 10.2 Å². The van der Waals surface area contributed by atoms with Crippen LogP contribution in [0.15, 0.2) is 6.07 Å². The van der Waals surface area contributed by atoms with Crippen molar-refractivity contribution >= 4 is 11.9 Å². The molecule has 1 aromatic heterocycles. The van der Waals surface area contributed by atoms with E-state index in [0.717, 1.165) is 0 Å². The quantitative estimate of drug-likeness (QED) is 0.737. The van der Waals surface area contributed by atoms with Gasteiger partial charge in [-0.05, 0) is 26.3 Å². The third-order valence-corrected chi connectivity index (χ3v) is 2.17. The molecule has 1 rings (SSSR count). The number of rotatable bonds is 5. The number of ether oxygens (including phenoxy) is 2. The molecule has 98 valence electrons. The van der Waals surface area contributed by atoms with E-state index in [-0.39, 0.29) is 24.5 Å². The van der Waals surface area contributed by atoms with Gasteiger partial charge in [0.05, 0.1) is 24.5 Å². The van der Waals surface area contributed by atoms with Crippen LogP contribution < -0.4 is 0 Å². The van der Waals surface area contributed by atoms with Crippen LogP contribution in [0.5, 0.6) is 0 Å². The summed E-state index contributed by atoms with van der Waals surface area (Å²) < 4.78 is 9.70. The van der Waals surface area contributed by atoms with E-state index in [1.807, 2.05) is 6.92 Å². The predicted octanol–water partition coefficient (Wildman–Crippen LogP) is 1.39. The second-order valence-electron chi connectivity index (χ2n) is 3.39. The van der Waals surface area contributed by atoms with Gasteiger partial charge in [-0.25, -0.2) is 9.59 Å². The molecule has 0 unspecified atom stereocenters. The van der Waals surface area contributed by atoms with Crippen molar-refractivity contribution in [1.29, 1.82) is 0 Å². The third kappa shape index (κ3) is 3.26. The number of nitrogens with zero attached hydrogens (tertiary/aromatic N) is 2. The summed E-state index contributed by atoms with van der Waals surface area (Å²) in [5.41, 5.74) is 0.612. The van der Waals surface area contributed by atoms with Crippen LogP contribution in [0.2, 0.25) is 0 Å². The van der Waals surface area contributed by atoms with Gasteiger partial charge in [0.15, 0.2) is 5.69 Å². The molecule has 6 heteroatoms. The lowest BCUT2D eigenvalue weighted by Gasteiger charge is -2.07. The molecule has 0 aliphatic carbocycles. The molecule has 0 saturated heterocycles. The Bertz CT molecular complexity index is 446. The highest BCUT2D eigenvalue weighted by molar-refractivity contribution is 6.01. The van der Waals surface area contributed by atoms with Crippen molar-refractivity contribution in [2.24, 2.45) is 0 Å². The van der Waals surface area contributed by atoms with Gasteiger partial charge < -0.3 is 9.47 Å². The average Bonchev–Trinajstić information content (AvgIpc) is 2.38. The van der Waals surface area contributed by atoms with Crippen molar-refractivity contribution in [3.63, 3.8) is 0 Å². The van der Waals surface area contributed by atoms with E-state index in [4.69, 9.17) is 9.47 Å². The van der Waals surface area contributed by atoms with Crippen LogP contribution in [0.1, 0.15) is 47.3 Å². The van der Waals surface area contributed by atoms with Gasteiger partial charge in [0.25, 0.3) is 0 Å². The van der Waals surface area contributed by atoms with Crippen molar-refractivity contribution in [2.45, 2.75) is 27.2 Å². The number of hydrogen-bond donors (Lipinski definition) is 0. The zero-order chi connectivity index (χ0) is 13.5. The number of carbonyl (C=O) groups is 2. The Kier molecular flexibility index (Phi) is 5.23. The standard InChI is InChI=1S/C12H16N2O4/c1-4-8-7-9(11(15)17-5-2)10(14-13-8)12(16)18-6-3/h7H,4-6H2,1-3H3. The van der Waals surface area contributed by atoms with Gasteiger partial charge >= 0.3 is 11.9 Å². The molecule has 0 bridgehead atoms. The molecular formula is C12H16N2O4. The molecule has 1 aromatic rings. The zero-order valence-corrected chi connectivity index (χ0v) is 10.7. The van der Waals surface area contributed by atoms with Crippen molar-refractivity contribution in [3.8, 4) is 0 Å². The molecule has 0 saturated carbocycles. The smallest absolute Gasteiger partial charge is 0.359 e. The molecule has 0 aromatic carbocycles. The molecule has 0 amide bonds. The van der Waals surface area contributed by atoms with Gasteiger partial charge in [0, 0.05) is 0 Å². The molecule has 0 spiro atoms. The first-order chi connectivity index (χ1) is 8.63. The van der Waals surface area contributed by atoms with Crippen LogP contribution in [-0.4, -0.2) is 35.3 Å². The predicted molar refractivity (Wildman–Crippen MR) is 63.3 cm³/mol. The Labute approximate surface area is 105 Å². The van der Waals surface area contributed by atoms with Gasteiger partial charge in [0.1, 0.15) is 0 Å². The maximum atomic E-state index is 11.7. The molecule has 6 nitrogen and oxygen atoms in total. The normalized spacial score (nSPS) is 9.94. The van der Waals surface area contributed by atoms with Crippen LogP contribution in [0.4, 0.5) is 0 Å². The second kappa shape index (κ2) is 6.68. The Morgan fingerprint density at radius 1 is 1.06 bits per heavy atom. The molecule has 0 N–H and O–H groups in total. The summed E-state index contributed by atoms with van der Waals surface area (Å²) in [6.45, 7) is 5.68. The van der Waals surface area contributed by atoms with Gasteiger partial charge in [-0.3, -0.25) is 0 Å². The molecule has 1 heterocycles. The first-order valence-corrected chi connectivity index (χ1v) is 5.84. The van der Waals surface area contributed by atoms with Crippen LogP contribution in [0.3, 0.4) is 0 Å². The maximum absolute atomic E-state index is 11.7. The minimum atomic E-state index is -0.671. The summed E-state index contributed by atoms with van der Waals surface area (Å²) in [6, 6.07) is 1.51. The topological polar surface area (TPSA) is 78.4 Å². The first-order valence-electron chi connectivity index (χ1n) is 5.84. The summed E-state index contributed by atoms with van der Waals surface area (Å²) in [4.78, 5) is 23.4. The maximum Gasteiger partial charge on any atom is 0.359 e. The second-order valence-corrected chi connectivity index (χ2v) is 3.39. The number of aromatic nitrogens is 2. The van der Waals surface area contributed by atoms with E-state index in [9.17, 15) is 9.59 Å². The Balaban J connectivity index is 3.15. The number of esters is 2. The van der Waals surface area contributed by atoms with E-state index in [1.54, 1.807) is 13.8 Å². The molecule has 0 radical (unpaired) electrons. The average molecular weight is 252 g/mol. The Morgan fingerprint density at radius 3 is 2.22 bits per heavy atom. The lowest BCUT2D eigenvalue weighted by Crippen LogP contribution is -2.17. The SMILES string of the molecule is CCOC(=O)c1cc(CC)nnc1C(=O)OCC. The molecule has 0 fully saturated rings. The molecule has 0 atom stereocenters. The van der Waals surface area contributed by atoms with Crippen LogP contribution >= 0.6 is 0 Å². The van der Waals surface area contributed by atoms with Crippen LogP contribution in [0.25, 0.3) is 0 Å². The lowest BCUT2D eigenvalue weighted by atomic mass is 10.1. The summed E-state index contributed by atoms with van der Waals surface area (Å²) in [7, 11) is 0. The number of carbonyl (C=O) groups excluding carboxylic acids is 2. The Morgan fingerprint density at radius 2 is 1.67 bits per heavy atom. The van der Waals surface area contributed by atoms with Gasteiger partial charge in [-0.2, -0.15) is 5.10 Å². The fourth-order valence-electron chi connectivity index (χ4n) is 1.32. The van der Waals surface area contributed by atoms with E-state index >= 15 is 0 Å². The first kappa shape index (κ1) is 14.1. The highest BCUT2D eigenvalue weighted by atomic mass is 16.5. The van der Waals surface area contributed by atoms with E-state index in [0.29, 0.717) is 12.1 Å². The molecule has 18 heavy (non-hydrogen) atoms. The monoisotopic (exact) mass is 252 g/mol. The largest absolute Gasteiger partial charge is 0.462 e. The third-order valence-electron chi connectivity index (χ3n) is 2.17. The minimum Gasteiger partial charge on any atom is -0.462 e. The molecule has 0 aliphatic heterocycles. The van der Waals surface area contributed by atoms with Gasteiger partial charge in [-0.1, -0.05) is 6.92 Å². The van der Waals surface area contributed by atoms with Gasteiger partial charge in [0.2, 0.25) is 0 Å². The highest BCUT2D eigenvalue weighted by Crippen LogP contribution is 2.11. The van der Waals surface area contributed by atoms with E-state index in [1.165, 1.54) is 6.07 Å². The number of aryl methyl sites for hydroxylation is 1. The van der Waals surface area contributed by atoms with E-state index in [2.05, 4.69) is 10.2 Å². The summed E-state index contributed by atoms with van der Waals surface area (Å²) in [5, 5.41) is 7.59. The van der Waals surface area contributed by atoms with Crippen molar-refractivity contribution < 1.29 is 19.1 Å². The molecule has 0 aliphatic rings. The lowest BCUT2D eigenvalue weighted by molar-refractivity contribution is 0.0471. The summed E-state index contributed by atoms with van der Waals surface area (Å²) in [5.74, 6) is -1.26. The summed E-state index contributed by atoms with van der Waals surface area (Å²) in [6.07, 6.45) is 0.614. The van der Waals surface area contributed by atoms with E-state index < -0.39 is 11.9 Å². The van der Waals surface area contributed by atoms with Crippen LogP contribution in [0, 0.1) is 0 Å². The van der Waals surface area contributed by atoms with Crippen LogP contribution in [-0.2, 0) is 15.9 Å². The Hall–Kier alpha value is -1.98. The van der Waals surface area contributed by atoms with Gasteiger partial charge in [-0.15, -0.1) is 5.10 Å². The van der Waals surface area contributed by atoms with Crippen molar-refractivity contribution in [3.05, 3.63) is 23.0 Å². The fourth-order valence-corrected chi connectivity index (χ4v) is 1.32. The highest BCUT2D eigenvalue weighted by Gasteiger charge is 2.22. The fraction of sp³-hybridized carbons (Fsp3) is 0.500. The summed E-state index contributed by atoms with van der Waals surface area (Å²) >= 11 is 0. The minimum absolute atomic E-state index is 0.0992. The number of hydrogen-bond acceptors (Lipinski definition) is 6. The molecular weight excluding hydrogens is 236 g/mol. The zero-order valence-electron chi connectivity index (χ0n) is 10.7. The van der Waals surface area contributed by atoms with Crippen molar-refractivity contribution in [2.75, 3.05) is 13.2 Å².